The summed E-state index contributed by atoms with van der Waals surface area (Å²) in [5.41, 5.74) is 3.25. The van der Waals surface area contributed by atoms with Crippen LogP contribution in [0, 0.1) is 24.0 Å². The van der Waals surface area contributed by atoms with Gasteiger partial charge in [0.25, 0.3) is 5.69 Å². The van der Waals surface area contributed by atoms with E-state index in [0.717, 1.165) is 16.8 Å². The number of nitrogens with zero attached hydrogens (tertiary/aromatic N) is 2. The van der Waals surface area contributed by atoms with Crippen LogP contribution in [0.5, 0.6) is 0 Å². The van der Waals surface area contributed by atoms with Crippen LogP contribution in [0.3, 0.4) is 0 Å². The molecule has 146 valence electrons. The van der Waals surface area contributed by atoms with Crippen molar-refractivity contribution in [3.05, 3.63) is 99.9 Å². The number of rotatable bonds is 5. The summed E-state index contributed by atoms with van der Waals surface area (Å²) in [7, 11) is 0. The molecule has 3 rings (SSSR count). The van der Waals surface area contributed by atoms with E-state index >= 15 is 0 Å². The molecule has 0 spiro atoms. The van der Waals surface area contributed by atoms with Crippen LogP contribution in [0.25, 0.3) is 11.5 Å². The quantitative estimate of drug-likeness (QED) is 0.175. The lowest BCUT2D eigenvalue weighted by Crippen LogP contribution is -2.39. The van der Waals surface area contributed by atoms with E-state index in [1.54, 1.807) is 29.1 Å². The van der Waals surface area contributed by atoms with Crippen LogP contribution in [0.2, 0.25) is 0 Å². The Morgan fingerprint density at radius 1 is 1.00 bits per heavy atom. The number of pyridine rings is 1. The number of hydrogen-bond donors (Lipinski definition) is 1. The van der Waals surface area contributed by atoms with Gasteiger partial charge in [-0.05, 0) is 48.4 Å². The normalized spacial score (nSPS) is 11.5. The number of nitro groups is 1. The molecule has 0 bridgehead atoms. The van der Waals surface area contributed by atoms with E-state index in [2.05, 4.69) is 5.32 Å². The molecule has 0 atom stereocenters. The van der Waals surface area contributed by atoms with Crippen molar-refractivity contribution in [3.8, 4) is 0 Å². The summed E-state index contributed by atoms with van der Waals surface area (Å²) in [4.78, 5) is 10.8. The van der Waals surface area contributed by atoms with Gasteiger partial charge in [-0.25, -0.2) is 0 Å². The summed E-state index contributed by atoms with van der Waals surface area (Å²) in [6.07, 6.45) is 3.41. The van der Waals surface area contributed by atoms with Crippen molar-refractivity contribution in [2.24, 2.45) is 0 Å². The second-order valence-corrected chi connectivity index (χ2v) is 6.93. The fourth-order valence-electron chi connectivity index (χ4n) is 2.79. The minimum absolute atomic E-state index is 0.152. The number of anilines is 1. The zero-order valence-corrected chi connectivity index (χ0v) is 16.8. The number of non-ortho nitro benzene ring substituents is 1. The number of benzene rings is 2. The first-order chi connectivity index (χ1) is 13.9. The highest BCUT2D eigenvalue weighted by molar-refractivity contribution is 7.81. The highest BCUT2D eigenvalue weighted by Gasteiger charge is 2.19. The molecular formula is C22H19N3O3S. The molecule has 7 heteroatoms. The van der Waals surface area contributed by atoms with Gasteiger partial charge in [-0.1, -0.05) is 36.5 Å². The summed E-state index contributed by atoms with van der Waals surface area (Å²) in [6, 6.07) is 16.8. The van der Waals surface area contributed by atoms with Crippen LogP contribution >= 0.6 is 12.2 Å². The van der Waals surface area contributed by atoms with Crippen LogP contribution in [-0.4, -0.2) is 9.91 Å². The highest BCUT2D eigenvalue weighted by atomic mass is 32.1. The smallest absolute Gasteiger partial charge is 0.270 e. The maximum Gasteiger partial charge on any atom is 0.270 e. The third-order valence-electron chi connectivity index (χ3n) is 4.49. The molecule has 0 radical (unpaired) electrons. The molecular weight excluding hydrogens is 386 g/mol. The van der Waals surface area contributed by atoms with E-state index in [1.165, 1.54) is 24.3 Å². The Hall–Kier alpha value is -3.58. The molecule has 0 unspecified atom stereocenters. The fourth-order valence-corrected chi connectivity index (χ4v) is 3.11. The molecule has 0 aliphatic heterocycles. The van der Waals surface area contributed by atoms with Gasteiger partial charge in [-0.15, -0.1) is 0 Å². The third-order valence-corrected chi connectivity index (χ3v) is 4.78. The molecule has 3 aromatic rings. The SMILES string of the molecule is Cc1ccc(NC(=S)C(=C([O-])c2cccc([N+](=O)[O-])c2)[n+]2ccccc2)cc1C. The van der Waals surface area contributed by atoms with Gasteiger partial charge in [0.05, 0.1) is 4.92 Å². The lowest BCUT2D eigenvalue weighted by Gasteiger charge is -2.17. The van der Waals surface area contributed by atoms with Gasteiger partial charge in [0.2, 0.25) is 5.70 Å². The molecule has 0 aliphatic rings. The van der Waals surface area contributed by atoms with Crippen molar-refractivity contribution in [1.29, 1.82) is 0 Å². The monoisotopic (exact) mass is 405 g/mol. The number of nitrogens with one attached hydrogen (secondary N) is 1. The average molecular weight is 405 g/mol. The Morgan fingerprint density at radius 2 is 1.72 bits per heavy atom. The Kier molecular flexibility index (Phi) is 5.99. The molecule has 0 amide bonds. The first kappa shape index (κ1) is 20.2. The number of hydrogen-bond acceptors (Lipinski definition) is 4. The van der Waals surface area contributed by atoms with Crippen molar-refractivity contribution >= 4 is 40.0 Å². The standard InChI is InChI=1S/C22H19N3O3S/c1-15-9-10-18(13-16(15)2)23-22(29)20(24-11-4-3-5-12-24)21(26)17-7-6-8-19(14-17)25(27)28/h3-14H,1-2H3,(H-,23,26,29). The zero-order chi connectivity index (χ0) is 21.0. The zero-order valence-electron chi connectivity index (χ0n) is 16.0. The molecule has 0 aliphatic carbocycles. The Morgan fingerprint density at radius 3 is 2.38 bits per heavy atom. The van der Waals surface area contributed by atoms with E-state index in [9.17, 15) is 15.2 Å². The van der Waals surface area contributed by atoms with Gasteiger partial charge < -0.3 is 10.4 Å². The minimum Gasteiger partial charge on any atom is -0.867 e. The number of thiocarbonyl (C=S) groups is 1. The van der Waals surface area contributed by atoms with Crippen LogP contribution in [0.4, 0.5) is 11.4 Å². The molecule has 0 fully saturated rings. The summed E-state index contributed by atoms with van der Waals surface area (Å²) in [6.45, 7) is 4.01. The van der Waals surface area contributed by atoms with E-state index in [4.69, 9.17) is 12.2 Å². The minimum atomic E-state index is -0.530. The first-order valence-electron chi connectivity index (χ1n) is 8.88. The summed E-state index contributed by atoms with van der Waals surface area (Å²) in [5, 5.41) is 27.5. The molecule has 6 nitrogen and oxygen atoms in total. The topological polar surface area (TPSA) is 82.1 Å². The van der Waals surface area contributed by atoms with E-state index in [1.807, 2.05) is 38.1 Å². The summed E-state index contributed by atoms with van der Waals surface area (Å²) < 4.78 is 1.61. The molecule has 1 heterocycles. The highest BCUT2D eigenvalue weighted by Crippen LogP contribution is 2.21. The average Bonchev–Trinajstić information content (AvgIpc) is 2.71. The number of nitro benzene ring substituents is 1. The van der Waals surface area contributed by atoms with Gasteiger partial charge in [0, 0.05) is 30.0 Å². The van der Waals surface area contributed by atoms with Crippen molar-refractivity contribution < 1.29 is 14.6 Å². The molecule has 29 heavy (non-hydrogen) atoms. The van der Waals surface area contributed by atoms with E-state index < -0.39 is 10.7 Å². The van der Waals surface area contributed by atoms with Gasteiger partial charge in [0.15, 0.2) is 17.4 Å². The lowest BCUT2D eigenvalue weighted by molar-refractivity contribution is -0.577. The van der Waals surface area contributed by atoms with E-state index in [0.29, 0.717) is 0 Å². The van der Waals surface area contributed by atoms with Gasteiger partial charge in [-0.3, -0.25) is 10.1 Å². The molecule has 1 N–H and O–H groups in total. The predicted octanol–water partition coefficient (Wildman–Crippen LogP) is 3.62. The molecule has 0 saturated carbocycles. The summed E-state index contributed by atoms with van der Waals surface area (Å²) in [5.74, 6) is -0.411. The van der Waals surface area contributed by atoms with Gasteiger partial charge in [0.1, 0.15) is 0 Å². The van der Waals surface area contributed by atoms with Crippen LogP contribution in [-0.2, 0) is 0 Å². The van der Waals surface area contributed by atoms with Crippen molar-refractivity contribution in [1.82, 2.24) is 0 Å². The molecule has 0 saturated heterocycles. The van der Waals surface area contributed by atoms with Crippen LogP contribution in [0.1, 0.15) is 16.7 Å². The van der Waals surface area contributed by atoms with Crippen molar-refractivity contribution in [2.75, 3.05) is 5.32 Å². The number of aryl methyl sites for hydroxylation is 2. The first-order valence-corrected chi connectivity index (χ1v) is 9.29. The lowest BCUT2D eigenvalue weighted by atomic mass is 10.1. The summed E-state index contributed by atoms with van der Waals surface area (Å²) >= 11 is 5.55. The predicted molar refractivity (Wildman–Crippen MR) is 115 cm³/mol. The fraction of sp³-hybridized carbons (Fsp3) is 0.0909. The Labute approximate surface area is 173 Å². The van der Waals surface area contributed by atoms with Gasteiger partial charge >= 0.3 is 0 Å². The second kappa shape index (κ2) is 8.62. The third kappa shape index (κ3) is 4.64. The molecule has 2 aromatic carbocycles. The largest absolute Gasteiger partial charge is 0.867 e. The van der Waals surface area contributed by atoms with Gasteiger partial charge in [-0.2, -0.15) is 4.57 Å². The van der Waals surface area contributed by atoms with Crippen LogP contribution in [0.15, 0.2) is 73.1 Å². The van der Waals surface area contributed by atoms with E-state index in [-0.39, 0.29) is 21.9 Å². The molecule has 1 aromatic heterocycles. The second-order valence-electron chi connectivity index (χ2n) is 6.52. The van der Waals surface area contributed by atoms with Crippen LogP contribution < -0.4 is 15.0 Å². The van der Waals surface area contributed by atoms with Crippen molar-refractivity contribution in [3.63, 3.8) is 0 Å². The van der Waals surface area contributed by atoms with Crippen molar-refractivity contribution in [2.45, 2.75) is 13.8 Å². The number of aromatic nitrogens is 1. The maximum atomic E-state index is 13.3. The Balaban J connectivity index is 2.08. The maximum absolute atomic E-state index is 13.3. The Bertz CT molecular complexity index is 1110.